The fraction of sp³-hybridized carbons (Fsp3) is 0.516. The minimum atomic E-state index is -0.773. The summed E-state index contributed by atoms with van der Waals surface area (Å²) < 4.78 is 1.78. The number of carbonyl (C=O) groups is 3. The summed E-state index contributed by atoms with van der Waals surface area (Å²) in [6.45, 7) is 6.84. The Morgan fingerprint density at radius 1 is 0.977 bits per heavy atom. The van der Waals surface area contributed by atoms with Crippen LogP contribution in [0, 0.1) is 12.8 Å². The van der Waals surface area contributed by atoms with E-state index in [1.807, 2.05) is 51.1 Å². The smallest absolute Gasteiger partial charge is 0.273 e. The van der Waals surface area contributed by atoms with Gasteiger partial charge in [0.05, 0.1) is 12.6 Å². The summed E-state index contributed by atoms with van der Waals surface area (Å²) in [5.74, 6) is 0.518. The average Bonchev–Trinajstić information content (AvgIpc) is 3.35. The molecule has 1 aromatic carbocycles. The lowest BCUT2D eigenvalue weighted by atomic mass is 9.94. The van der Waals surface area contributed by atoms with Crippen molar-refractivity contribution >= 4 is 23.7 Å². The Balaban J connectivity index is 1.47. The third-order valence-corrected chi connectivity index (χ3v) is 8.09. The van der Waals surface area contributed by atoms with Gasteiger partial charge in [-0.15, -0.1) is 0 Å². The zero-order valence-corrected chi connectivity index (χ0v) is 25.2. The number of rotatable bonds is 4. The fourth-order valence-electron chi connectivity index (χ4n) is 5.88. The van der Waals surface area contributed by atoms with Crippen molar-refractivity contribution in [3.8, 4) is 0 Å². The monoisotopic (exact) mass is 587 g/mol. The predicted molar refractivity (Wildman–Crippen MR) is 161 cm³/mol. The second kappa shape index (κ2) is 13.3. The third-order valence-electron chi connectivity index (χ3n) is 8.09. The van der Waals surface area contributed by atoms with Gasteiger partial charge in [0, 0.05) is 37.2 Å². The van der Waals surface area contributed by atoms with Gasteiger partial charge in [0.1, 0.15) is 23.4 Å². The van der Waals surface area contributed by atoms with Crippen LogP contribution in [-0.4, -0.2) is 66.5 Å². The number of nitrogen functional groups attached to an aromatic ring is 1. The molecule has 0 spiro atoms. The molecule has 4 N–H and O–H groups in total. The summed E-state index contributed by atoms with van der Waals surface area (Å²) in [6, 6.07) is 8.38. The van der Waals surface area contributed by atoms with Crippen molar-refractivity contribution in [3.05, 3.63) is 64.5 Å². The fourth-order valence-corrected chi connectivity index (χ4v) is 5.88. The molecule has 0 saturated heterocycles. The first-order chi connectivity index (χ1) is 20.7. The Morgan fingerprint density at radius 2 is 1.74 bits per heavy atom. The first-order valence-electron chi connectivity index (χ1n) is 15.2. The van der Waals surface area contributed by atoms with E-state index < -0.39 is 12.1 Å². The van der Waals surface area contributed by atoms with Crippen LogP contribution in [0.3, 0.4) is 0 Å². The second-order valence-corrected chi connectivity index (χ2v) is 11.7. The number of nitrogens with two attached hydrogens (primary N) is 1. The number of hydrogen-bond donors (Lipinski definition) is 3. The Hall–Kier alpha value is -4.35. The van der Waals surface area contributed by atoms with Gasteiger partial charge in [0.15, 0.2) is 0 Å². The number of aryl methyl sites for hydroxylation is 2. The zero-order valence-electron chi connectivity index (χ0n) is 25.2. The standard InChI is InChI=1S/C31H41N9O3/c1-19(2)26-28-33-20(3)38-40(28)17-16-39(30(43)27-22-12-7-8-13-23(22)35-31(32)37-27)15-9-14-25(41)34-24(29(42)36-26)18-21-10-5-4-6-11-21/h4-6,10-11,19,24,26H,7-9,12-18H2,1-3H3,(H,34,41)(H,36,42)(H2,32,35,37)/t24-,26+/m0/s1. The number of carbonyl (C=O) groups excluding carboxylic acids is 3. The van der Waals surface area contributed by atoms with E-state index in [0.717, 1.165) is 42.5 Å². The van der Waals surface area contributed by atoms with E-state index in [0.29, 0.717) is 49.8 Å². The summed E-state index contributed by atoms with van der Waals surface area (Å²) in [7, 11) is 0. The molecule has 3 amide bonds. The van der Waals surface area contributed by atoms with Crippen molar-refractivity contribution in [3.63, 3.8) is 0 Å². The van der Waals surface area contributed by atoms with Crippen molar-refractivity contribution in [2.75, 3.05) is 18.8 Å². The molecule has 43 heavy (non-hydrogen) atoms. The van der Waals surface area contributed by atoms with Gasteiger partial charge in [0.2, 0.25) is 17.8 Å². The molecule has 3 heterocycles. The van der Waals surface area contributed by atoms with Crippen molar-refractivity contribution in [1.82, 2.24) is 40.3 Å². The number of benzene rings is 1. The Morgan fingerprint density at radius 3 is 2.51 bits per heavy atom. The summed E-state index contributed by atoms with van der Waals surface area (Å²) in [5.41, 5.74) is 9.02. The highest BCUT2D eigenvalue weighted by atomic mass is 16.2. The van der Waals surface area contributed by atoms with Crippen LogP contribution in [0.15, 0.2) is 30.3 Å². The number of amides is 3. The van der Waals surface area contributed by atoms with Gasteiger partial charge in [-0.1, -0.05) is 44.2 Å². The van der Waals surface area contributed by atoms with Gasteiger partial charge < -0.3 is 21.3 Å². The molecule has 1 aliphatic heterocycles. The molecule has 5 rings (SSSR count). The molecule has 0 fully saturated rings. The van der Waals surface area contributed by atoms with E-state index in [4.69, 9.17) is 5.73 Å². The molecular formula is C31H41N9O3. The van der Waals surface area contributed by atoms with Crippen LogP contribution < -0.4 is 16.4 Å². The van der Waals surface area contributed by atoms with Gasteiger partial charge in [-0.3, -0.25) is 14.4 Å². The number of aromatic nitrogens is 5. The highest BCUT2D eigenvalue weighted by Gasteiger charge is 2.31. The average molecular weight is 588 g/mol. The van der Waals surface area contributed by atoms with Crippen LogP contribution in [0.25, 0.3) is 0 Å². The van der Waals surface area contributed by atoms with Crippen molar-refractivity contribution < 1.29 is 14.4 Å². The highest BCUT2D eigenvalue weighted by Crippen LogP contribution is 2.25. The van der Waals surface area contributed by atoms with E-state index >= 15 is 0 Å². The van der Waals surface area contributed by atoms with Crippen molar-refractivity contribution in [2.24, 2.45) is 5.92 Å². The summed E-state index contributed by atoms with van der Waals surface area (Å²) in [5, 5.41) is 10.7. The summed E-state index contributed by atoms with van der Waals surface area (Å²) >= 11 is 0. The lowest BCUT2D eigenvalue weighted by Gasteiger charge is -2.28. The van der Waals surface area contributed by atoms with Crippen LogP contribution in [-0.2, 0) is 35.4 Å². The quantitative estimate of drug-likeness (QED) is 0.419. The zero-order chi connectivity index (χ0) is 30.5. The van der Waals surface area contributed by atoms with E-state index in [-0.39, 0.29) is 36.0 Å². The number of hydrogen-bond acceptors (Lipinski definition) is 8. The third kappa shape index (κ3) is 7.18. The normalized spacial score (nSPS) is 20.0. The number of nitrogens with zero attached hydrogens (tertiary/aromatic N) is 6. The SMILES string of the molecule is Cc1nc2n(n1)CCN(C(=O)c1nc(N)nc3c1CCCC3)CCCC(=O)N[C@@H](Cc1ccccc1)C(=O)N[C@@H]2C(C)C. The molecule has 0 saturated carbocycles. The van der Waals surface area contributed by atoms with Gasteiger partial charge in [-0.2, -0.15) is 5.10 Å². The van der Waals surface area contributed by atoms with Crippen LogP contribution in [0.2, 0.25) is 0 Å². The second-order valence-electron chi connectivity index (χ2n) is 11.7. The minimum Gasteiger partial charge on any atom is -0.368 e. The minimum absolute atomic E-state index is 0.0134. The molecule has 228 valence electrons. The Labute approximate surface area is 251 Å². The lowest BCUT2D eigenvalue weighted by molar-refractivity contribution is -0.129. The molecule has 12 heteroatoms. The Bertz CT molecular complexity index is 1470. The molecule has 0 bridgehead atoms. The van der Waals surface area contributed by atoms with Gasteiger partial charge >= 0.3 is 0 Å². The summed E-state index contributed by atoms with van der Waals surface area (Å²) in [4.78, 5) is 56.0. The van der Waals surface area contributed by atoms with Gasteiger partial charge in [0.25, 0.3) is 5.91 Å². The molecule has 0 radical (unpaired) electrons. The van der Waals surface area contributed by atoms with Gasteiger partial charge in [-0.25, -0.2) is 19.6 Å². The number of nitrogens with one attached hydrogen (secondary N) is 2. The topological polar surface area (TPSA) is 161 Å². The first kappa shape index (κ1) is 30.1. The van der Waals surface area contributed by atoms with Crippen LogP contribution in [0.4, 0.5) is 5.95 Å². The molecule has 2 atom stereocenters. The maximum atomic E-state index is 14.0. The molecule has 0 unspecified atom stereocenters. The van der Waals surface area contributed by atoms with E-state index in [9.17, 15) is 14.4 Å². The molecule has 12 nitrogen and oxygen atoms in total. The Kier molecular flexibility index (Phi) is 9.32. The maximum absolute atomic E-state index is 14.0. The van der Waals surface area contributed by atoms with Crippen LogP contribution >= 0.6 is 0 Å². The van der Waals surface area contributed by atoms with Crippen molar-refractivity contribution in [2.45, 2.75) is 84.3 Å². The van der Waals surface area contributed by atoms with Crippen molar-refractivity contribution in [1.29, 1.82) is 0 Å². The summed E-state index contributed by atoms with van der Waals surface area (Å²) in [6.07, 6.45) is 4.40. The maximum Gasteiger partial charge on any atom is 0.273 e. The number of anilines is 1. The van der Waals surface area contributed by atoms with Gasteiger partial charge in [-0.05, 0) is 50.5 Å². The van der Waals surface area contributed by atoms with E-state index in [2.05, 4.69) is 30.7 Å². The number of fused-ring (bicyclic) bond motifs is 2. The molecule has 1 aliphatic carbocycles. The highest BCUT2D eigenvalue weighted by molar-refractivity contribution is 5.94. The lowest BCUT2D eigenvalue weighted by Crippen LogP contribution is -2.50. The molecule has 2 aliphatic rings. The van der Waals surface area contributed by atoms with E-state index in [1.54, 1.807) is 9.58 Å². The predicted octanol–water partition coefficient (Wildman–Crippen LogP) is 2.31. The van der Waals surface area contributed by atoms with Crippen LogP contribution in [0.1, 0.15) is 84.5 Å². The van der Waals surface area contributed by atoms with Crippen LogP contribution in [0.5, 0.6) is 0 Å². The largest absolute Gasteiger partial charge is 0.368 e. The molecule has 3 aromatic rings. The van der Waals surface area contributed by atoms with E-state index in [1.165, 1.54) is 0 Å². The first-order valence-corrected chi connectivity index (χ1v) is 15.2. The molecule has 2 aromatic heterocycles. The molecular weight excluding hydrogens is 546 g/mol.